The lowest BCUT2D eigenvalue weighted by molar-refractivity contribution is 0.425. The number of nitrogens with two attached hydrogens (primary N) is 1. The van der Waals surface area contributed by atoms with Gasteiger partial charge < -0.3 is 16.0 Å². The molecule has 1 aromatic rings. The molecular formula is C8H17N5S. The highest BCUT2D eigenvalue weighted by Gasteiger charge is 2.01. The molecule has 0 saturated carbocycles. The predicted molar refractivity (Wildman–Crippen MR) is 59.7 cm³/mol. The molecule has 0 saturated heterocycles. The second kappa shape index (κ2) is 5.90. The first-order chi connectivity index (χ1) is 6.72. The van der Waals surface area contributed by atoms with Crippen LogP contribution in [0.25, 0.3) is 0 Å². The first-order valence-corrected chi connectivity index (χ1v) is 5.45. The molecule has 0 aliphatic heterocycles. The van der Waals surface area contributed by atoms with Crippen LogP contribution in [-0.4, -0.2) is 48.8 Å². The SMILES string of the molecule is CN(C)CCNc1nnc(CCN)s1. The van der Waals surface area contributed by atoms with E-state index in [0.29, 0.717) is 6.54 Å². The number of rotatable bonds is 6. The number of hydrogen-bond acceptors (Lipinski definition) is 6. The minimum absolute atomic E-state index is 0.631. The fourth-order valence-electron chi connectivity index (χ4n) is 0.936. The van der Waals surface area contributed by atoms with Crippen molar-refractivity contribution < 1.29 is 0 Å². The van der Waals surface area contributed by atoms with Crippen molar-refractivity contribution in [3.05, 3.63) is 5.01 Å². The molecule has 0 atom stereocenters. The zero-order chi connectivity index (χ0) is 10.4. The third kappa shape index (κ3) is 3.99. The van der Waals surface area contributed by atoms with Gasteiger partial charge in [-0.05, 0) is 20.6 Å². The smallest absolute Gasteiger partial charge is 0.205 e. The van der Waals surface area contributed by atoms with Gasteiger partial charge in [0.05, 0.1) is 0 Å². The number of anilines is 1. The Morgan fingerprint density at radius 1 is 1.43 bits per heavy atom. The standard InChI is InChI=1S/C8H17N5S/c1-13(2)6-5-10-8-12-11-7(14-8)3-4-9/h3-6,9H2,1-2H3,(H,10,12). The van der Waals surface area contributed by atoms with Gasteiger partial charge in [-0.3, -0.25) is 0 Å². The number of likely N-dealkylation sites (N-methyl/N-ethyl adjacent to an activating group) is 1. The van der Waals surface area contributed by atoms with Crippen LogP contribution >= 0.6 is 11.3 Å². The second-order valence-electron chi connectivity index (χ2n) is 3.27. The van der Waals surface area contributed by atoms with Gasteiger partial charge in [0, 0.05) is 19.5 Å². The molecular weight excluding hydrogens is 198 g/mol. The third-order valence-corrected chi connectivity index (χ3v) is 2.60. The van der Waals surface area contributed by atoms with Crippen molar-refractivity contribution in [3.8, 4) is 0 Å². The van der Waals surface area contributed by atoms with Crippen LogP contribution in [-0.2, 0) is 6.42 Å². The molecule has 0 spiro atoms. The lowest BCUT2D eigenvalue weighted by Gasteiger charge is -2.08. The van der Waals surface area contributed by atoms with E-state index in [-0.39, 0.29) is 0 Å². The Balaban J connectivity index is 2.28. The molecule has 0 aliphatic carbocycles. The zero-order valence-electron chi connectivity index (χ0n) is 8.66. The Morgan fingerprint density at radius 3 is 2.86 bits per heavy atom. The summed E-state index contributed by atoms with van der Waals surface area (Å²) in [6.45, 7) is 2.52. The number of hydrogen-bond donors (Lipinski definition) is 2. The molecule has 0 aromatic carbocycles. The molecule has 5 nitrogen and oxygen atoms in total. The molecule has 0 radical (unpaired) electrons. The van der Waals surface area contributed by atoms with Crippen molar-refractivity contribution in [2.45, 2.75) is 6.42 Å². The highest BCUT2D eigenvalue weighted by Crippen LogP contribution is 2.14. The first-order valence-electron chi connectivity index (χ1n) is 4.63. The van der Waals surface area contributed by atoms with Crippen LogP contribution in [0.1, 0.15) is 5.01 Å². The van der Waals surface area contributed by atoms with E-state index < -0.39 is 0 Å². The summed E-state index contributed by atoms with van der Waals surface area (Å²) in [5.74, 6) is 0. The Hall–Kier alpha value is -0.720. The van der Waals surface area contributed by atoms with E-state index in [9.17, 15) is 0 Å². The average Bonchev–Trinajstić information content (AvgIpc) is 2.53. The fraction of sp³-hybridized carbons (Fsp3) is 0.750. The van der Waals surface area contributed by atoms with Crippen LogP contribution in [0.2, 0.25) is 0 Å². The Kier molecular flexibility index (Phi) is 4.78. The molecule has 1 heterocycles. The van der Waals surface area contributed by atoms with Gasteiger partial charge in [-0.25, -0.2) is 0 Å². The van der Waals surface area contributed by atoms with Gasteiger partial charge in [-0.2, -0.15) is 0 Å². The minimum Gasteiger partial charge on any atom is -0.359 e. The second-order valence-corrected chi connectivity index (χ2v) is 4.33. The maximum absolute atomic E-state index is 5.42. The Morgan fingerprint density at radius 2 is 2.21 bits per heavy atom. The lowest BCUT2D eigenvalue weighted by atomic mass is 10.5. The lowest BCUT2D eigenvalue weighted by Crippen LogP contribution is -2.20. The van der Waals surface area contributed by atoms with E-state index in [0.717, 1.165) is 29.6 Å². The van der Waals surface area contributed by atoms with E-state index in [1.54, 1.807) is 11.3 Å². The van der Waals surface area contributed by atoms with Crippen molar-refractivity contribution >= 4 is 16.5 Å². The maximum atomic E-state index is 5.42. The van der Waals surface area contributed by atoms with Gasteiger partial charge in [0.25, 0.3) is 0 Å². The van der Waals surface area contributed by atoms with Crippen LogP contribution in [0, 0.1) is 0 Å². The number of nitrogens with zero attached hydrogens (tertiary/aromatic N) is 3. The normalized spacial score (nSPS) is 10.9. The van der Waals surface area contributed by atoms with E-state index >= 15 is 0 Å². The van der Waals surface area contributed by atoms with Gasteiger partial charge in [0.1, 0.15) is 5.01 Å². The van der Waals surface area contributed by atoms with Crippen LogP contribution < -0.4 is 11.1 Å². The summed E-state index contributed by atoms with van der Waals surface area (Å²) >= 11 is 1.58. The van der Waals surface area contributed by atoms with Crippen LogP contribution in [0.3, 0.4) is 0 Å². The Bertz CT molecular complexity index is 260. The molecule has 1 rings (SSSR count). The maximum Gasteiger partial charge on any atom is 0.205 e. The van der Waals surface area contributed by atoms with Gasteiger partial charge in [-0.1, -0.05) is 11.3 Å². The molecule has 1 aromatic heterocycles. The molecule has 80 valence electrons. The van der Waals surface area contributed by atoms with E-state index in [1.807, 2.05) is 14.1 Å². The topological polar surface area (TPSA) is 67.1 Å². The number of aromatic nitrogens is 2. The van der Waals surface area contributed by atoms with Crippen molar-refractivity contribution in [2.24, 2.45) is 5.73 Å². The van der Waals surface area contributed by atoms with Crippen molar-refractivity contribution in [2.75, 3.05) is 39.0 Å². The molecule has 0 unspecified atom stereocenters. The molecule has 14 heavy (non-hydrogen) atoms. The monoisotopic (exact) mass is 215 g/mol. The molecule has 0 fully saturated rings. The van der Waals surface area contributed by atoms with E-state index in [2.05, 4.69) is 20.4 Å². The van der Waals surface area contributed by atoms with Crippen LogP contribution in [0.4, 0.5) is 5.13 Å². The summed E-state index contributed by atoms with van der Waals surface area (Å²) in [5.41, 5.74) is 5.42. The molecule has 0 amide bonds. The van der Waals surface area contributed by atoms with E-state index in [1.165, 1.54) is 0 Å². The van der Waals surface area contributed by atoms with Crippen molar-refractivity contribution in [1.29, 1.82) is 0 Å². The van der Waals surface area contributed by atoms with Gasteiger partial charge >= 0.3 is 0 Å². The largest absolute Gasteiger partial charge is 0.359 e. The molecule has 3 N–H and O–H groups in total. The van der Waals surface area contributed by atoms with Crippen LogP contribution in [0.15, 0.2) is 0 Å². The highest BCUT2D eigenvalue weighted by atomic mass is 32.1. The number of nitrogens with one attached hydrogen (secondary N) is 1. The summed E-state index contributed by atoms with van der Waals surface area (Å²) in [7, 11) is 4.09. The third-order valence-electron chi connectivity index (χ3n) is 1.66. The summed E-state index contributed by atoms with van der Waals surface area (Å²) in [6.07, 6.45) is 0.813. The summed E-state index contributed by atoms with van der Waals surface area (Å²) in [6, 6.07) is 0. The fourth-order valence-corrected chi connectivity index (χ4v) is 1.72. The molecule has 0 aliphatic rings. The molecule has 0 bridgehead atoms. The molecule has 6 heteroatoms. The van der Waals surface area contributed by atoms with Crippen molar-refractivity contribution in [1.82, 2.24) is 15.1 Å². The first kappa shape index (κ1) is 11.4. The summed E-state index contributed by atoms with van der Waals surface area (Å²) < 4.78 is 0. The Labute approximate surface area is 88.3 Å². The van der Waals surface area contributed by atoms with Gasteiger partial charge in [0.15, 0.2) is 0 Å². The quantitative estimate of drug-likeness (QED) is 0.700. The highest BCUT2D eigenvalue weighted by molar-refractivity contribution is 7.15. The summed E-state index contributed by atoms with van der Waals surface area (Å²) in [4.78, 5) is 2.12. The summed E-state index contributed by atoms with van der Waals surface area (Å²) in [5, 5.41) is 13.1. The minimum atomic E-state index is 0.631. The predicted octanol–water partition coefficient (Wildman–Crippen LogP) is 0.0128. The van der Waals surface area contributed by atoms with E-state index in [4.69, 9.17) is 5.73 Å². The average molecular weight is 215 g/mol. The van der Waals surface area contributed by atoms with Crippen LogP contribution in [0.5, 0.6) is 0 Å². The van der Waals surface area contributed by atoms with Gasteiger partial charge in [-0.15, -0.1) is 10.2 Å². The zero-order valence-corrected chi connectivity index (χ0v) is 9.47. The van der Waals surface area contributed by atoms with Gasteiger partial charge in [0.2, 0.25) is 5.13 Å². The van der Waals surface area contributed by atoms with Crippen molar-refractivity contribution in [3.63, 3.8) is 0 Å².